The van der Waals surface area contributed by atoms with Gasteiger partial charge in [-0.15, -0.1) is 0 Å². The summed E-state index contributed by atoms with van der Waals surface area (Å²) in [6, 6.07) is 8.00. The number of nitrogens with zero attached hydrogens (tertiary/aromatic N) is 2. The molecule has 0 bridgehead atoms. The second-order valence-electron chi connectivity index (χ2n) is 3.63. The lowest BCUT2D eigenvalue weighted by Gasteiger charge is -2.15. The molecule has 0 spiro atoms. The summed E-state index contributed by atoms with van der Waals surface area (Å²) < 4.78 is 12.3. The van der Waals surface area contributed by atoms with Crippen LogP contribution in [-0.4, -0.2) is 27.7 Å². The molecule has 0 aliphatic heterocycles. The minimum atomic E-state index is -0.861. The Hall–Kier alpha value is -2.28. The molecule has 1 amide bonds. The van der Waals surface area contributed by atoms with Crippen molar-refractivity contribution in [2.75, 3.05) is 7.11 Å². The van der Waals surface area contributed by atoms with Gasteiger partial charge in [0.25, 0.3) is 5.91 Å². The van der Waals surface area contributed by atoms with Crippen LogP contribution in [-0.2, 0) is 9.53 Å². The van der Waals surface area contributed by atoms with E-state index in [1.807, 2.05) is 6.07 Å². The molecule has 1 aromatic carbocycles. The van der Waals surface area contributed by atoms with Gasteiger partial charge in [0.15, 0.2) is 11.7 Å². The molecule has 0 fully saturated rings. The molecule has 19 heavy (non-hydrogen) atoms. The number of hydrogen-bond donors (Lipinski definition) is 1. The summed E-state index contributed by atoms with van der Waals surface area (Å²) in [5, 5.41) is 2.58. The van der Waals surface area contributed by atoms with Crippen molar-refractivity contribution in [3.8, 4) is 0 Å². The van der Waals surface area contributed by atoms with Gasteiger partial charge in [-0.05, 0) is 5.56 Å². The van der Waals surface area contributed by atoms with Gasteiger partial charge >= 0.3 is 5.97 Å². The van der Waals surface area contributed by atoms with Crippen molar-refractivity contribution in [2.24, 2.45) is 0 Å². The maximum atomic E-state index is 11.9. The maximum Gasteiger partial charge on any atom is 0.333 e. The summed E-state index contributed by atoms with van der Waals surface area (Å²) in [7, 11) is 1.27. The molecule has 2 rings (SSSR count). The average molecular weight is 277 g/mol. The number of ether oxygens (including phenoxy) is 1. The Balaban J connectivity index is 2.20. The van der Waals surface area contributed by atoms with Crippen LogP contribution in [0.4, 0.5) is 0 Å². The van der Waals surface area contributed by atoms with Crippen molar-refractivity contribution in [1.29, 1.82) is 0 Å². The van der Waals surface area contributed by atoms with Gasteiger partial charge < -0.3 is 10.1 Å². The van der Waals surface area contributed by atoms with Crippen molar-refractivity contribution in [2.45, 2.75) is 6.04 Å². The number of nitrogens with one attached hydrogen (secondary N) is 1. The Morgan fingerprint density at radius 3 is 2.63 bits per heavy atom. The first kappa shape index (κ1) is 13.2. The zero-order valence-corrected chi connectivity index (χ0v) is 10.9. The molecule has 1 heterocycles. The second kappa shape index (κ2) is 6.05. The van der Waals surface area contributed by atoms with E-state index in [0.29, 0.717) is 5.56 Å². The molecular formula is C12H11N3O3S. The van der Waals surface area contributed by atoms with E-state index >= 15 is 0 Å². The van der Waals surface area contributed by atoms with Gasteiger partial charge in [0.1, 0.15) is 0 Å². The van der Waals surface area contributed by atoms with E-state index in [1.54, 1.807) is 24.3 Å². The molecule has 0 aliphatic rings. The third kappa shape index (κ3) is 3.14. The molecule has 2 aromatic rings. The number of benzene rings is 1. The number of aromatic nitrogens is 2. The lowest BCUT2D eigenvalue weighted by Crippen LogP contribution is -2.34. The highest BCUT2D eigenvalue weighted by Gasteiger charge is 2.24. The first-order valence-electron chi connectivity index (χ1n) is 5.43. The number of esters is 1. The highest BCUT2D eigenvalue weighted by atomic mass is 32.1. The molecule has 6 nitrogen and oxygen atoms in total. The smallest absolute Gasteiger partial charge is 0.333 e. The molecular weight excluding hydrogens is 266 g/mol. The third-order valence-corrected chi connectivity index (χ3v) is 2.92. The summed E-state index contributed by atoms with van der Waals surface area (Å²) in [5.41, 5.74) is 0.820. The highest BCUT2D eigenvalue weighted by Crippen LogP contribution is 2.14. The third-order valence-electron chi connectivity index (χ3n) is 2.44. The standard InChI is InChI=1S/C12H11N3O3S/c1-18-12(17)10(8-5-3-2-4-6-8)14-11(16)9-7-13-19-15-9/h2-7,10H,1H3,(H,14,16). The zero-order chi connectivity index (χ0) is 13.7. The fourth-order valence-electron chi connectivity index (χ4n) is 1.51. The molecule has 0 saturated heterocycles. The largest absolute Gasteiger partial charge is 0.467 e. The molecule has 1 N–H and O–H groups in total. The van der Waals surface area contributed by atoms with Crippen LogP contribution in [0.15, 0.2) is 36.5 Å². The zero-order valence-electron chi connectivity index (χ0n) is 10.1. The van der Waals surface area contributed by atoms with Gasteiger partial charge in [-0.25, -0.2) is 4.79 Å². The quantitative estimate of drug-likeness (QED) is 0.849. The van der Waals surface area contributed by atoms with E-state index in [0.717, 1.165) is 11.7 Å². The second-order valence-corrected chi connectivity index (χ2v) is 4.19. The van der Waals surface area contributed by atoms with E-state index < -0.39 is 17.9 Å². The normalized spacial score (nSPS) is 11.6. The van der Waals surface area contributed by atoms with Crippen LogP contribution < -0.4 is 5.32 Å². The lowest BCUT2D eigenvalue weighted by molar-refractivity contribution is -0.143. The predicted molar refractivity (Wildman–Crippen MR) is 68.6 cm³/mol. The summed E-state index contributed by atoms with van der Waals surface area (Å²) >= 11 is 0.928. The van der Waals surface area contributed by atoms with Gasteiger partial charge in [-0.3, -0.25) is 4.79 Å². The van der Waals surface area contributed by atoms with Crippen LogP contribution in [0.2, 0.25) is 0 Å². The SMILES string of the molecule is COC(=O)C(NC(=O)c1cnsn1)c1ccccc1. The summed E-state index contributed by atoms with van der Waals surface area (Å²) in [6.07, 6.45) is 1.35. The van der Waals surface area contributed by atoms with E-state index in [2.05, 4.69) is 14.1 Å². The number of carbonyl (C=O) groups is 2. The van der Waals surface area contributed by atoms with Crippen molar-refractivity contribution < 1.29 is 14.3 Å². The summed E-state index contributed by atoms with van der Waals surface area (Å²) in [5.74, 6) is -1.00. The van der Waals surface area contributed by atoms with E-state index in [4.69, 9.17) is 4.74 Å². The van der Waals surface area contributed by atoms with Crippen molar-refractivity contribution in [3.63, 3.8) is 0 Å². The van der Waals surface area contributed by atoms with E-state index in [-0.39, 0.29) is 5.69 Å². The van der Waals surface area contributed by atoms with Gasteiger partial charge in [0.05, 0.1) is 25.0 Å². The first-order valence-corrected chi connectivity index (χ1v) is 6.16. The van der Waals surface area contributed by atoms with Gasteiger partial charge in [-0.2, -0.15) is 8.75 Å². The fourth-order valence-corrected chi connectivity index (χ4v) is 1.92. The molecule has 1 aromatic heterocycles. The topological polar surface area (TPSA) is 81.2 Å². The van der Waals surface area contributed by atoms with Crippen LogP contribution in [0.25, 0.3) is 0 Å². The van der Waals surface area contributed by atoms with Gasteiger partial charge in [0.2, 0.25) is 0 Å². The number of hydrogen-bond acceptors (Lipinski definition) is 6. The molecule has 98 valence electrons. The fraction of sp³-hybridized carbons (Fsp3) is 0.167. The van der Waals surface area contributed by atoms with E-state index in [1.165, 1.54) is 13.3 Å². The Labute approximate surface area is 113 Å². The molecule has 1 unspecified atom stereocenters. The van der Waals surface area contributed by atoms with Crippen LogP contribution in [0, 0.1) is 0 Å². The molecule has 0 aliphatic carbocycles. The number of amides is 1. The minimum Gasteiger partial charge on any atom is -0.467 e. The Kier molecular flexibility index (Phi) is 4.19. The van der Waals surface area contributed by atoms with Crippen LogP contribution in [0.5, 0.6) is 0 Å². The van der Waals surface area contributed by atoms with Crippen LogP contribution >= 0.6 is 11.7 Å². The number of methoxy groups -OCH3 is 1. The monoisotopic (exact) mass is 277 g/mol. The Morgan fingerprint density at radius 1 is 1.32 bits per heavy atom. The maximum absolute atomic E-state index is 11.9. The first-order chi connectivity index (χ1) is 9.22. The van der Waals surface area contributed by atoms with Crippen LogP contribution in [0.3, 0.4) is 0 Å². The Morgan fingerprint density at radius 2 is 2.05 bits per heavy atom. The molecule has 7 heteroatoms. The minimum absolute atomic E-state index is 0.176. The van der Waals surface area contributed by atoms with Gasteiger partial charge in [0, 0.05) is 0 Å². The summed E-state index contributed by atoms with van der Waals surface area (Å²) in [6.45, 7) is 0. The number of carbonyl (C=O) groups excluding carboxylic acids is 2. The lowest BCUT2D eigenvalue weighted by atomic mass is 10.1. The summed E-state index contributed by atoms with van der Waals surface area (Å²) in [4.78, 5) is 23.6. The molecule has 0 radical (unpaired) electrons. The van der Waals surface area contributed by atoms with Gasteiger partial charge in [-0.1, -0.05) is 30.3 Å². The average Bonchev–Trinajstić information content (AvgIpc) is 2.99. The van der Waals surface area contributed by atoms with Crippen molar-refractivity contribution in [3.05, 3.63) is 47.8 Å². The van der Waals surface area contributed by atoms with E-state index in [9.17, 15) is 9.59 Å². The highest BCUT2D eigenvalue weighted by molar-refractivity contribution is 6.99. The number of rotatable bonds is 4. The predicted octanol–water partition coefficient (Wildman–Crippen LogP) is 1.18. The van der Waals surface area contributed by atoms with Crippen molar-refractivity contribution >= 4 is 23.6 Å². The molecule has 1 atom stereocenters. The van der Waals surface area contributed by atoms with Crippen LogP contribution in [0.1, 0.15) is 22.1 Å². The van der Waals surface area contributed by atoms with Crippen molar-refractivity contribution in [1.82, 2.24) is 14.1 Å². The molecule has 0 saturated carbocycles. The Bertz CT molecular complexity index is 557.